The largest absolute Gasteiger partial charge is 0.396 e. The molecule has 5 rings (SSSR count). The molecule has 3 aromatic rings. The molecule has 0 saturated carbocycles. The maximum absolute atomic E-state index is 15.0. The average molecular weight is 459 g/mol. The first-order valence-corrected chi connectivity index (χ1v) is 11.2. The molecule has 5 nitrogen and oxygen atoms in total. The molecule has 2 aliphatic rings. The number of aliphatic hydroxyl groups is 1. The number of rotatable bonds is 5. The van der Waals surface area contributed by atoms with Crippen molar-refractivity contribution in [3.8, 4) is 0 Å². The van der Waals surface area contributed by atoms with Gasteiger partial charge in [-0.25, -0.2) is 8.78 Å². The van der Waals surface area contributed by atoms with Gasteiger partial charge in [0.05, 0.1) is 17.8 Å². The van der Waals surface area contributed by atoms with Crippen molar-refractivity contribution in [3.05, 3.63) is 107 Å². The molecule has 3 heterocycles. The first-order valence-electron chi connectivity index (χ1n) is 11.2. The number of hydrogen-bond donors (Lipinski definition) is 1. The number of allylic oxidation sites excluding steroid dienone is 1. The lowest BCUT2D eigenvalue weighted by Gasteiger charge is -2.19. The third-order valence-corrected chi connectivity index (χ3v) is 6.48. The van der Waals surface area contributed by atoms with E-state index in [1.165, 1.54) is 24.3 Å². The van der Waals surface area contributed by atoms with E-state index in [2.05, 4.69) is 9.98 Å². The zero-order valence-electron chi connectivity index (χ0n) is 18.4. The summed E-state index contributed by atoms with van der Waals surface area (Å²) in [5.74, 6) is -1.41. The van der Waals surface area contributed by atoms with E-state index in [0.717, 1.165) is 16.8 Å². The Kier molecular flexibility index (Phi) is 6.02. The molecule has 1 amide bonds. The number of aliphatic hydroxyl groups excluding tert-OH is 1. The van der Waals surface area contributed by atoms with Crippen molar-refractivity contribution in [1.29, 1.82) is 0 Å². The van der Waals surface area contributed by atoms with Crippen LogP contribution in [0.5, 0.6) is 0 Å². The molecule has 172 valence electrons. The molecule has 34 heavy (non-hydrogen) atoms. The molecule has 1 aromatic heterocycles. The Balaban J connectivity index is 1.44. The van der Waals surface area contributed by atoms with Crippen molar-refractivity contribution >= 4 is 17.2 Å². The predicted molar refractivity (Wildman–Crippen MR) is 126 cm³/mol. The highest BCUT2D eigenvalue weighted by atomic mass is 19.1. The lowest BCUT2D eigenvalue weighted by Crippen LogP contribution is -2.31. The first kappa shape index (κ1) is 22.1. The van der Waals surface area contributed by atoms with Crippen LogP contribution in [0, 0.1) is 17.6 Å². The van der Waals surface area contributed by atoms with Crippen molar-refractivity contribution in [1.82, 2.24) is 9.88 Å². The van der Waals surface area contributed by atoms with Crippen molar-refractivity contribution in [2.45, 2.75) is 5.92 Å². The van der Waals surface area contributed by atoms with Gasteiger partial charge in [0.25, 0.3) is 5.91 Å². The number of aliphatic imine (C=N–C) groups is 1. The van der Waals surface area contributed by atoms with E-state index in [1.54, 1.807) is 35.4 Å². The summed E-state index contributed by atoms with van der Waals surface area (Å²) >= 11 is 0. The Morgan fingerprint density at radius 2 is 1.85 bits per heavy atom. The van der Waals surface area contributed by atoms with Crippen LogP contribution in [0.4, 0.5) is 8.78 Å². The van der Waals surface area contributed by atoms with Crippen molar-refractivity contribution in [2.75, 3.05) is 26.2 Å². The van der Waals surface area contributed by atoms with Crippen LogP contribution in [-0.4, -0.2) is 52.9 Å². The van der Waals surface area contributed by atoms with E-state index >= 15 is 4.39 Å². The fraction of sp³-hybridized carbons (Fsp3) is 0.222. The number of carbonyl (C=O) groups is 1. The summed E-state index contributed by atoms with van der Waals surface area (Å²) in [5, 5.41) is 9.92. The molecule has 2 atom stereocenters. The zero-order chi connectivity index (χ0) is 23.7. The van der Waals surface area contributed by atoms with Gasteiger partial charge in [0.2, 0.25) is 0 Å². The van der Waals surface area contributed by atoms with Crippen molar-refractivity contribution in [2.24, 2.45) is 10.9 Å². The normalized spacial score (nSPS) is 19.8. The molecule has 0 unspecified atom stereocenters. The van der Waals surface area contributed by atoms with Gasteiger partial charge in [0.15, 0.2) is 0 Å². The van der Waals surface area contributed by atoms with Gasteiger partial charge >= 0.3 is 0 Å². The second kappa shape index (κ2) is 9.27. The molecule has 1 saturated heterocycles. The van der Waals surface area contributed by atoms with Crippen LogP contribution in [0.1, 0.15) is 33.1 Å². The van der Waals surface area contributed by atoms with Crippen LogP contribution in [0.3, 0.4) is 0 Å². The van der Waals surface area contributed by atoms with E-state index in [1.807, 2.05) is 18.2 Å². The Labute approximate surface area is 196 Å². The number of likely N-dealkylation sites (tertiary alicyclic amines) is 1. The molecule has 1 N–H and O–H groups in total. The fourth-order valence-electron chi connectivity index (χ4n) is 4.70. The summed E-state index contributed by atoms with van der Waals surface area (Å²) in [6.07, 6.45) is 3.45. The number of aromatic nitrogens is 1. The summed E-state index contributed by atoms with van der Waals surface area (Å²) < 4.78 is 28.3. The predicted octanol–water partition coefficient (Wildman–Crippen LogP) is 4.09. The number of carbonyl (C=O) groups excluding carboxylic acids is 1. The topological polar surface area (TPSA) is 65.8 Å². The molecule has 7 heteroatoms. The first-order chi connectivity index (χ1) is 16.5. The molecule has 0 bridgehead atoms. The molecule has 2 aromatic carbocycles. The van der Waals surface area contributed by atoms with Gasteiger partial charge in [-0.15, -0.1) is 0 Å². The lowest BCUT2D eigenvalue weighted by atomic mass is 9.93. The van der Waals surface area contributed by atoms with E-state index in [9.17, 15) is 14.3 Å². The number of benzene rings is 2. The molecular weight excluding hydrogens is 436 g/mol. The standard InChI is InChI=1S/C27H23F2N3O2/c28-20-9-7-17(8-10-20)18-12-25(31-13-18)26-21(4-3-5-23(26)29)27(34)32-14-19(16-33)22(15-32)24-6-1-2-11-30-24/h1-12,19,22,33H,13-16H2/t19-,22+/m0/s1. The number of halogens is 2. The summed E-state index contributed by atoms with van der Waals surface area (Å²) in [6.45, 7) is 0.994. The van der Waals surface area contributed by atoms with Crippen LogP contribution < -0.4 is 0 Å². The van der Waals surface area contributed by atoms with Crippen LogP contribution in [0.2, 0.25) is 0 Å². The smallest absolute Gasteiger partial charge is 0.254 e. The fourth-order valence-corrected chi connectivity index (χ4v) is 4.70. The number of hydrogen-bond acceptors (Lipinski definition) is 4. The van der Waals surface area contributed by atoms with E-state index in [-0.39, 0.29) is 41.3 Å². The molecule has 0 aliphatic carbocycles. The van der Waals surface area contributed by atoms with Crippen molar-refractivity contribution in [3.63, 3.8) is 0 Å². The van der Waals surface area contributed by atoms with E-state index in [0.29, 0.717) is 25.3 Å². The summed E-state index contributed by atoms with van der Waals surface area (Å²) in [5.41, 5.74) is 3.23. The molecule has 1 fully saturated rings. The molecular formula is C27H23F2N3O2. The third-order valence-electron chi connectivity index (χ3n) is 6.48. The number of nitrogens with zero attached hydrogens (tertiary/aromatic N) is 3. The second-order valence-electron chi connectivity index (χ2n) is 8.55. The highest BCUT2D eigenvalue weighted by molar-refractivity contribution is 6.19. The highest BCUT2D eigenvalue weighted by Crippen LogP contribution is 2.33. The lowest BCUT2D eigenvalue weighted by molar-refractivity contribution is 0.0780. The maximum atomic E-state index is 15.0. The Bertz CT molecular complexity index is 1270. The van der Waals surface area contributed by atoms with Crippen LogP contribution in [0.15, 0.2) is 77.9 Å². The van der Waals surface area contributed by atoms with Gasteiger partial charge in [0, 0.05) is 49.0 Å². The number of pyridine rings is 1. The van der Waals surface area contributed by atoms with E-state index in [4.69, 9.17) is 0 Å². The van der Waals surface area contributed by atoms with Crippen LogP contribution in [0.25, 0.3) is 5.57 Å². The van der Waals surface area contributed by atoms with Gasteiger partial charge in [-0.1, -0.05) is 24.3 Å². The molecule has 0 radical (unpaired) electrons. The Hall–Kier alpha value is -3.71. The van der Waals surface area contributed by atoms with Crippen molar-refractivity contribution < 1.29 is 18.7 Å². The Morgan fingerprint density at radius 1 is 1.03 bits per heavy atom. The van der Waals surface area contributed by atoms with Gasteiger partial charge in [-0.3, -0.25) is 14.8 Å². The average Bonchev–Trinajstić information content (AvgIpc) is 3.52. The minimum Gasteiger partial charge on any atom is -0.396 e. The van der Waals surface area contributed by atoms with Crippen LogP contribution >= 0.6 is 0 Å². The zero-order valence-corrected chi connectivity index (χ0v) is 18.4. The monoisotopic (exact) mass is 459 g/mol. The van der Waals surface area contributed by atoms with Gasteiger partial charge in [0.1, 0.15) is 11.6 Å². The molecule has 2 aliphatic heterocycles. The third kappa shape index (κ3) is 4.15. The maximum Gasteiger partial charge on any atom is 0.254 e. The SMILES string of the molecule is O=C(c1cccc(F)c1C1=NCC(c2ccc(F)cc2)=C1)N1C[C@@H](CO)[C@H](c2ccccn2)C1. The quantitative estimate of drug-likeness (QED) is 0.625. The summed E-state index contributed by atoms with van der Waals surface area (Å²) in [7, 11) is 0. The van der Waals surface area contributed by atoms with Gasteiger partial charge in [-0.05, 0) is 53.6 Å². The van der Waals surface area contributed by atoms with E-state index < -0.39 is 5.82 Å². The number of amides is 1. The van der Waals surface area contributed by atoms with Crippen LogP contribution in [-0.2, 0) is 0 Å². The summed E-state index contributed by atoms with van der Waals surface area (Å²) in [6, 6.07) is 16.1. The Morgan fingerprint density at radius 3 is 2.59 bits per heavy atom. The molecule has 0 spiro atoms. The van der Waals surface area contributed by atoms with Gasteiger partial charge in [-0.2, -0.15) is 0 Å². The second-order valence-corrected chi connectivity index (χ2v) is 8.55. The minimum absolute atomic E-state index is 0.0719. The summed E-state index contributed by atoms with van der Waals surface area (Å²) in [4.78, 5) is 24.1. The highest BCUT2D eigenvalue weighted by Gasteiger charge is 2.37. The van der Waals surface area contributed by atoms with Gasteiger partial charge < -0.3 is 10.0 Å². The minimum atomic E-state index is -0.527.